The zero-order chi connectivity index (χ0) is 20.1. The Bertz CT molecular complexity index is 1020. The Morgan fingerprint density at radius 1 is 1.14 bits per heavy atom. The second-order valence-corrected chi connectivity index (χ2v) is 5.98. The summed E-state index contributed by atoms with van der Waals surface area (Å²) < 4.78 is 5.28. The minimum Gasteiger partial charge on any atom is -0.477 e. The topological polar surface area (TPSA) is 107 Å². The molecule has 0 bridgehead atoms. The van der Waals surface area contributed by atoms with Gasteiger partial charge in [0.05, 0.1) is 17.2 Å². The second kappa shape index (κ2) is 8.26. The Morgan fingerprint density at radius 2 is 1.96 bits per heavy atom. The van der Waals surface area contributed by atoms with Crippen LogP contribution in [0.25, 0.3) is 11.3 Å². The molecular weight excluding hydrogens is 360 g/mol. The first-order chi connectivity index (χ1) is 13.5. The number of ether oxygens (including phenoxy) is 1. The van der Waals surface area contributed by atoms with Crippen molar-refractivity contribution in [1.29, 1.82) is 0 Å². The number of carbonyl (C=O) groups is 1. The molecule has 1 aromatic heterocycles. The van der Waals surface area contributed by atoms with E-state index in [0.29, 0.717) is 35.0 Å². The number of aryl methyl sites for hydroxylation is 1. The van der Waals surface area contributed by atoms with E-state index < -0.39 is 4.92 Å². The molecule has 0 saturated heterocycles. The van der Waals surface area contributed by atoms with Crippen molar-refractivity contribution < 1.29 is 14.5 Å². The number of nitro groups is 1. The molecule has 0 fully saturated rings. The number of nitrogens with one attached hydrogen (secondary N) is 1. The number of nitro benzene ring substituents is 1. The lowest BCUT2D eigenvalue weighted by atomic mass is 10.1. The second-order valence-electron chi connectivity index (χ2n) is 5.98. The van der Waals surface area contributed by atoms with Crippen LogP contribution >= 0.6 is 0 Å². The average Bonchev–Trinajstić information content (AvgIpc) is 2.68. The summed E-state index contributed by atoms with van der Waals surface area (Å²) >= 11 is 0. The Balaban J connectivity index is 1.78. The van der Waals surface area contributed by atoms with Gasteiger partial charge < -0.3 is 10.1 Å². The van der Waals surface area contributed by atoms with Gasteiger partial charge in [0.25, 0.3) is 11.6 Å². The normalized spacial score (nSPS) is 10.4. The van der Waals surface area contributed by atoms with Gasteiger partial charge in [-0.1, -0.05) is 12.1 Å². The predicted octanol–water partition coefficient (Wildman–Crippen LogP) is 4.01. The zero-order valence-electron chi connectivity index (χ0n) is 15.4. The molecule has 1 heterocycles. The fraction of sp³-hybridized carbons (Fsp3) is 0.150. The summed E-state index contributed by atoms with van der Waals surface area (Å²) in [5.74, 6) is 0.0946. The van der Waals surface area contributed by atoms with Gasteiger partial charge in [0, 0.05) is 34.5 Å². The van der Waals surface area contributed by atoms with Crippen LogP contribution < -0.4 is 10.1 Å². The molecule has 0 spiro atoms. The lowest BCUT2D eigenvalue weighted by molar-refractivity contribution is -0.385. The lowest BCUT2D eigenvalue weighted by Gasteiger charge is -2.08. The molecule has 0 aliphatic heterocycles. The number of benzene rings is 2. The van der Waals surface area contributed by atoms with Crippen LogP contribution in [0, 0.1) is 17.0 Å². The van der Waals surface area contributed by atoms with E-state index in [1.54, 1.807) is 37.3 Å². The number of hydrogen-bond donors (Lipinski definition) is 1. The summed E-state index contributed by atoms with van der Waals surface area (Å²) in [4.78, 5) is 22.9. The SMILES string of the molecule is CCOc1ccc(-c2cccc(NC(=O)c3ccc([N+](=O)[O-])c(C)c3)c2)nn1. The number of aromatic nitrogens is 2. The molecule has 0 unspecified atom stereocenters. The molecular formula is C20H18N4O4. The largest absolute Gasteiger partial charge is 0.477 e. The molecule has 142 valence electrons. The maximum absolute atomic E-state index is 12.5. The van der Waals surface area contributed by atoms with Crippen LogP contribution in [0.2, 0.25) is 0 Å². The lowest BCUT2D eigenvalue weighted by Crippen LogP contribution is -2.12. The van der Waals surface area contributed by atoms with Gasteiger partial charge in [-0.3, -0.25) is 14.9 Å². The van der Waals surface area contributed by atoms with E-state index in [4.69, 9.17) is 4.74 Å². The van der Waals surface area contributed by atoms with Gasteiger partial charge in [-0.2, -0.15) is 0 Å². The van der Waals surface area contributed by atoms with Gasteiger partial charge in [0.2, 0.25) is 5.88 Å². The van der Waals surface area contributed by atoms with Crippen molar-refractivity contribution in [2.45, 2.75) is 13.8 Å². The van der Waals surface area contributed by atoms with E-state index in [9.17, 15) is 14.9 Å². The standard InChI is InChI=1S/C20H18N4O4/c1-3-28-19-10-8-17(22-23-19)14-5-4-6-16(12-14)21-20(25)15-7-9-18(24(26)27)13(2)11-15/h4-12H,3H2,1-2H3,(H,21,25). The molecule has 2 aromatic carbocycles. The number of rotatable bonds is 6. The van der Waals surface area contributed by atoms with Gasteiger partial charge in [-0.15, -0.1) is 10.2 Å². The van der Waals surface area contributed by atoms with E-state index in [1.807, 2.05) is 13.0 Å². The third-order valence-electron chi connectivity index (χ3n) is 4.00. The van der Waals surface area contributed by atoms with Crippen LogP contribution in [-0.4, -0.2) is 27.6 Å². The zero-order valence-corrected chi connectivity index (χ0v) is 15.4. The number of amides is 1. The molecule has 28 heavy (non-hydrogen) atoms. The summed E-state index contributed by atoms with van der Waals surface area (Å²) in [7, 11) is 0. The van der Waals surface area contributed by atoms with Crippen molar-refractivity contribution in [3.05, 3.63) is 75.8 Å². The van der Waals surface area contributed by atoms with Gasteiger partial charge in [-0.25, -0.2) is 0 Å². The number of nitrogens with zero attached hydrogens (tertiary/aromatic N) is 3. The summed E-state index contributed by atoms with van der Waals surface area (Å²) in [5, 5.41) is 21.8. The summed E-state index contributed by atoms with van der Waals surface area (Å²) in [5.41, 5.74) is 2.76. The van der Waals surface area contributed by atoms with Gasteiger partial charge in [-0.05, 0) is 44.2 Å². The minimum absolute atomic E-state index is 0.0207. The van der Waals surface area contributed by atoms with E-state index in [2.05, 4.69) is 15.5 Å². The van der Waals surface area contributed by atoms with Crippen molar-refractivity contribution in [3.8, 4) is 17.1 Å². The minimum atomic E-state index is -0.474. The number of anilines is 1. The van der Waals surface area contributed by atoms with Gasteiger partial charge in [0.1, 0.15) is 0 Å². The number of hydrogen-bond acceptors (Lipinski definition) is 6. The van der Waals surface area contributed by atoms with Crippen LogP contribution in [0.15, 0.2) is 54.6 Å². The molecule has 0 radical (unpaired) electrons. The molecule has 1 N–H and O–H groups in total. The Labute approximate surface area is 161 Å². The predicted molar refractivity (Wildman–Crippen MR) is 104 cm³/mol. The quantitative estimate of drug-likeness (QED) is 0.513. The van der Waals surface area contributed by atoms with Crippen molar-refractivity contribution in [2.24, 2.45) is 0 Å². The first-order valence-electron chi connectivity index (χ1n) is 8.61. The monoisotopic (exact) mass is 378 g/mol. The molecule has 8 nitrogen and oxygen atoms in total. The van der Waals surface area contributed by atoms with Crippen molar-refractivity contribution in [2.75, 3.05) is 11.9 Å². The summed E-state index contributed by atoms with van der Waals surface area (Å²) in [6.07, 6.45) is 0. The van der Waals surface area contributed by atoms with Crippen LogP contribution in [0.3, 0.4) is 0 Å². The molecule has 3 aromatic rings. The Hall–Kier alpha value is -3.81. The highest BCUT2D eigenvalue weighted by Crippen LogP contribution is 2.23. The average molecular weight is 378 g/mol. The molecule has 8 heteroatoms. The van der Waals surface area contributed by atoms with Gasteiger partial charge >= 0.3 is 0 Å². The fourth-order valence-electron chi connectivity index (χ4n) is 2.66. The molecule has 1 amide bonds. The van der Waals surface area contributed by atoms with Crippen LogP contribution in [-0.2, 0) is 0 Å². The van der Waals surface area contributed by atoms with Crippen molar-refractivity contribution in [1.82, 2.24) is 10.2 Å². The molecule has 0 aliphatic rings. The van der Waals surface area contributed by atoms with E-state index in [-0.39, 0.29) is 11.6 Å². The third-order valence-corrected chi connectivity index (χ3v) is 4.00. The first kappa shape index (κ1) is 19.0. The fourth-order valence-corrected chi connectivity index (χ4v) is 2.66. The summed E-state index contributed by atoms with van der Waals surface area (Å²) in [6.45, 7) is 3.98. The Morgan fingerprint density at radius 3 is 2.61 bits per heavy atom. The first-order valence-corrected chi connectivity index (χ1v) is 8.61. The molecule has 0 aliphatic carbocycles. The van der Waals surface area contributed by atoms with E-state index >= 15 is 0 Å². The third kappa shape index (κ3) is 4.29. The van der Waals surface area contributed by atoms with Crippen molar-refractivity contribution >= 4 is 17.3 Å². The van der Waals surface area contributed by atoms with Crippen LogP contribution in [0.5, 0.6) is 5.88 Å². The summed E-state index contributed by atoms with van der Waals surface area (Å²) in [6, 6.07) is 15.0. The highest BCUT2D eigenvalue weighted by molar-refractivity contribution is 6.04. The molecule has 3 rings (SSSR count). The van der Waals surface area contributed by atoms with E-state index in [0.717, 1.165) is 5.56 Å². The van der Waals surface area contributed by atoms with Crippen LogP contribution in [0.4, 0.5) is 11.4 Å². The highest BCUT2D eigenvalue weighted by atomic mass is 16.6. The van der Waals surface area contributed by atoms with E-state index in [1.165, 1.54) is 18.2 Å². The number of carbonyl (C=O) groups excluding carboxylic acids is 1. The maximum Gasteiger partial charge on any atom is 0.272 e. The Kier molecular flexibility index (Phi) is 5.59. The smallest absolute Gasteiger partial charge is 0.272 e. The molecule has 0 saturated carbocycles. The highest BCUT2D eigenvalue weighted by Gasteiger charge is 2.14. The van der Waals surface area contributed by atoms with Crippen molar-refractivity contribution in [3.63, 3.8) is 0 Å². The maximum atomic E-state index is 12.5. The van der Waals surface area contributed by atoms with Gasteiger partial charge in [0.15, 0.2) is 0 Å². The van der Waals surface area contributed by atoms with Crippen LogP contribution in [0.1, 0.15) is 22.8 Å². The molecule has 0 atom stereocenters.